The standard InChI is InChI=1S/C13H13N3/c1-8-10-5-3-4-9-6-7-11-14-15(2)13(8)16(11)12(9)10/h3-8,13H,1-2H3. The molecule has 3 heterocycles. The molecule has 0 bridgehead atoms. The van der Waals surface area contributed by atoms with E-state index in [1.807, 2.05) is 0 Å². The number of rotatable bonds is 0. The molecular formula is C13H13N3. The molecule has 0 saturated heterocycles. The van der Waals surface area contributed by atoms with Gasteiger partial charge in [-0.3, -0.25) is 5.01 Å². The van der Waals surface area contributed by atoms with Crippen LogP contribution in [0.5, 0.6) is 0 Å². The Balaban J connectivity index is 2.07. The minimum atomic E-state index is 0.371. The van der Waals surface area contributed by atoms with E-state index >= 15 is 0 Å². The monoisotopic (exact) mass is 211 g/mol. The summed E-state index contributed by atoms with van der Waals surface area (Å²) in [7, 11) is 2.06. The fourth-order valence-corrected chi connectivity index (χ4v) is 3.16. The Hall–Kier alpha value is -1.77. The first kappa shape index (κ1) is 8.39. The zero-order valence-electron chi connectivity index (χ0n) is 9.38. The first-order valence-electron chi connectivity index (χ1n) is 5.69. The van der Waals surface area contributed by atoms with Gasteiger partial charge in [0, 0.05) is 13.0 Å². The SMILES string of the molecule is CC1c2cccc3c2N2C(=NN(C)C12)C=C3. The van der Waals surface area contributed by atoms with Gasteiger partial charge >= 0.3 is 0 Å². The molecule has 2 atom stereocenters. The Morgan fingerprint density at radius 3 is 3.00 bits per heavy atom. The summed E-state index contributed by atoms with van der Waals surface area (Å²) in [5.74, 6) is 1.60. The molecule has 0 saturated carbocycles. The minimum Gasteiger partial charge on any atom is -0.301 e. The second-order valence-electron chi connectivity index (χ2n) is 4.72. The maximum absolute atomic E-state index is 4.57. The number of likely N-dealkylation sites (N-methyl/N-ethyl adjacent to an activating group) is 1. The van der Waals surface area contributed by atoms with Gasteiger partial charge in [0.1, 0.15) is 6.17 Å². The number of hydrazone groups is 1. The molecule has 0 fully saturated rings. The summed E-state index contributed by atoms with van der Waals surface area (Å²) < 4.78 is 0. The second-order valence-corrected chi connectivity index (χ2v) is 4.72. The van der Waals surface area contributed by atoms with Crippen molar-refractivity contribution in [2.24, 2.45) is 5.10 Å². The van der Waals surface area contributed by atoms with Crippen LogP contribution in [0, 0.1) is 0 Å². The highest BCUT2D eigenvalue weighted by atomic mass is 15.6. The summed E-state index contributed by atoms with van der Waals surface area (Å²) in [6.45, 7) is 2.29. The number of amidine groups is 1. The van der Waals surface area contributed by atoms with Crippen LogP contribution < -0.4 is 4.90 Å². The van der Waals surface area contributed by atoms with Crippen molar-refractivity contribution in [3.8, 4) is 0 Å². The topological polar surface area (TPSA) is 18.8 Å². The van der Waals surface area contributed by atoms with Crippen LogP contribution in [0.2, 0.25) is 0 Å². The quantitative estimate of drug-likeness (QED) is 0.655. The van der Waals surface area contributed by atoms with Crippen molar-refractivity contribution in [3.05, 3.63) is 35.4 Å². The van der Waals surface area contributed by atoms with E-state index < -0.39 is 0 Å². The lowest BCUT2D eigenvalue weighted by atomic mass is 9.98. The zero-order chi connectivity index (χ0) is 10.9. The van der Waals surface area contributed by atoms with Crippen LogP contribution in [0.3, 0.4) is 0 Å². The van der Waals surface area contributed by atoms with Crippen LogP contribution in [0.4, 0.5) is 5.69 Å². The van der Waals surface area contributed by atoms with Gasteiger partial charge in [0.2, 0.25) is 0 Å². The largest absolute Gasteiger partial charge is 0.301 e. The van der Waals surface area contributed by atoms with Crippen molar-refractivity contribution in [2.75, 3.05) is 11.9 Å². The zero-order valence-corrected chi connectivity index (χ0v) is 9.38. The average Bonchev–Trinajstić information content (AvgIpc) is 2.77. The molecular weight excluding hydrogens is 198 g/mol. The molecule has 0 aliphatic carbocycles. The van der Waals surface area contributed by atoms with Crippen molar-refractivity contribution in [1.82, 2.24) is 5.01 Å². The Morgan fingerprint density at radius 1 is 1.25 bits per heavy atom. The molecule has 3 aliphatic heterocycles. The molecule has 2 unspecified atom stereocenters. The van der Waals surface area contributed by atoms with Gasteiger partial charge in [-0.2, -0.15) is 5.10 Å². The van der Waals surface area contributed by atoms with Crippen molar-refractivity contribution < 1.29 is 0 Å². The molecule has 3 nitrogen and oxygen atoms in total. The molecule has 1 aromatic rings. The normalized spacial score (nSPS) is 28.5. The third-order valence-electron chi connectivity index (χ3n) is 3.84. The van der Waals surface area contributed by atoms with Gasteiger partial charge in [-0.25, -0.2) is 0 Å². The molecule has 0 N–H and O–H groups in total. The van der Waals surface area contributed by atoms with Gasteiger partial charge in [0.25, 0.3) is 0 Å². The fraction of sp³-hybridized carbons (Fsp3) is 0.308. The predicted octanol–water partition coefficient (Wildman–Crippen LogP) is 2.22. The summed E-state index contributed by atoms with van der Waals surface area (Å²) in [5, 5.41) is 6.66. The molecule has 0 radical (unpaired) electrons. The van der Waals surface area contributed by atoms with Crippen molar-refractivity contribution in [3.63, 3.8) is 0 Å². The summed E-state index contributed by atoms with van der Waals surface area (Å²) in [5.41, 5.74) is 4.14. The second kappa shape index (κ2) is 2.48. The molecule has 80 valence electrons. The van der Waals surface area contributed by atoms with Gasteiger partial charge in [-0.05, 0) is 23.3 Å². The Kier molecular flexibility index (Phi) is 1.30. The number of nitrogens with zero attached hydrogens (tertiary/aromatic N) is 3. The summed E-state index contributed by atoms with van der Waals surface area (Å²) in [4.78, 5) is 2.37. The third kappa shape index (κ3) is 0.754. The lowest BCUT2D eigenvalue weighted by molar-refractivity contribution is 0.266. The van der Waals surface area contributed by atoms with E-state index in [0.29, 0.717) is 12.1 Å². The lowest BCUT2D eigenvalue weighted by Crippen LogP contribution is -2.39. The maximum atomic E-state index is 4.57. The van der Waals surface area contributed by atoms with Crippen LogP contribution in [-0.2, 0) is 0 Å². The first-order valence-corrected chi connectivity index (χ1v) is 5.69. The van der Waals surface area contributed by atoms with E-state index in [1.165, 1.54) is 16.8 Å². The fourth-order valence-electron chi connectivity index (χ4n) is 3.16. The lowest BCUT2D eigenvalue weighted by Gasteiger charge is -2.27. The van der Waals surface area contributed by atoms with Crippen molar-refractivity contribution in [1.29, 1.82) is 0 Å². The van der Waals surface area contributed by atoms with Gasteiger partial charge < -0.3 is 4.90 Å². The molecule has 0 spiro atoms. The maximum Gasteiger partial charge on any atom is 0.154 e. The van der Waals surface area contributed by atoms with E-state index in [0.717, 1.165) is 5.84 Å². The highest BCUT2D eigenvalue weighted by Crippen LogP contribution is 2.48. The molecule has 16 heavy (non-hydrogen) atoms. The highest BCUT2D eigenvalue weighted by Gasteiger charge is 2.45. The molecule has 0 aromatic heterocycles. The number of para-hydroxylation sites is 1. The summed E-state index contributed by atoms with van der Waals surface area (Å²) in [6, 6.07) is 6.57. The van der Waals surface area contributed by atoms with Gasteiger partial charge in [-0.15, -0.1) is 0 Å². The molecule has 0 amide bonds. The van der Waals surface area contributed by atoms with Crippen LogP contribution in [0.1, 0.15) is 24.0 Å². The van der Waals surface area contributed by atoms with Crippen molar-refractivity contribution >= 4 is 17.6 Å². The van der Waals surface area contributed by atoms with E-state index in [2.05, 4.69) is 59.3 Å². The van der Waals surface area contributed by atoms with Crippen LogP contribution in [0.25, 0.3) is 6.08 Å². The Bertz CT molecular complexity index is 544. The van der Waals surface area contributed by atoms with E-state index in [4.69, 9.17) is 0 Å². The van der Waals surface area contributed by atoms with E-state index in [9.17, 15) is 0 Å². The first-order chi connectivity index (χ1) is 7.77. The number of hydrogen-bond acceptors (Lipinski definition) is 3. The van der Waals surface area contributed by atoms with Gasteiger partial charge in [0.15, 0.2) is 5.84 Å². The van der Waals surface area contributed by atoms with Crippen LogP contribution in [0.15, 0.2) is 29.4 Å². The number of benzene rings is 1. The Morgan fingerprint density at radius 2 is 2.12 bits per heavy atom. The van der Waals surface area contributed by atoms with Gasteiger partial charge in [0.05, 0.1) is 5.69 Å². The van der Waals surface area contributed by atoms with Crippen LogP contribution in [-0.4, -0.2) is 24.1 Å². The molecule has 3 heteroatoms. The molecule has 4 rings (SSSR count). The highest BCUT2D eigenvalue weighted by molar-refractivity contribution is 6.14. The number of anilines is 1. The van der Waals surface area contributed by atoms with Crippen molar-refractivity contribution in [2.45, 2.75) is 19.0 Å². The predicted molar refractivity (Wildman–Crippen MR) is 65.4 cm³/mol. The van der Waals surface area contributed by atoms with E-state index in [-0.39, 0.29) is 0 Å². The van der Waals surface area contributed by atoms with Gasteiger partial charge in [-0.1, -0.05) is 25.1 Å². The Labute approximate surface area is 94.7 Å². The smallest absolute Gasteiger partial charge is 0.154 e. The van der Waals surface area contributed by atoms with E-state index in [1.54, 1.807) is 0 Å². The minimum absolute atomic E-state index is 0.371. The third-order valence-corrected chi connectivity index (χ3v) is 3.84. The average molecular weight is 211 g/mol. The van der Waals surface area contributed by atoms with Crippen LogP contribution >= 0.6 is 0 Å². The summed E-state index contributed by atoms with van der Waals surface area (Å²) >= 11 is 0. The summed E-state index contributed by atoms with van der Waals surface area (Å²) in [6.07, 6.45) is 4.65. The number of hydrogen-bond donors (Lipinski definition) is 0. The molecule has 1 aromatic carbocycles. The molecule has 3 aliphatic rings.